The highest BCUT2D eigenvalue weighted by Crippen LogP contribution is 2.54. The fourth-order valence-electron chi connectivity index (χ4n) is 1.72. The fourth-order valence-corrected chi connectivity index (χ4v) is 2.04. The van der Waals surface area contributed by atoms with E-state index in [1.54, 1.807) is 0 Å². The molecule has 1 N–H and O–H groups in total. The Hall–Kier alpha value is -1.00. The Kier molecular flexibility index (Phi) is 2.72. The number of halogens is 2. The van der Waals surface area contributed by atoms with Crippen molar-refractivity contribution in [1.82, 2.24) is 0 Å². The lowest BCUT2D eigenvalue weighted by atomic mass is 10.1. The van der Waals surface area contributed by atoms with Crippen LogP contribution in [0.4, 0.5) is 4.39 Å². The van der Waals surface area contributed by atoms with Crippen molar-refractivity contribution in [3.05, 3.63) is 22.5 Å². The number of benzene rings is 1. The first-order chi connectivity index (χ1) is 7.53. The molecule has 1 aromatic carbocycles. The van der Waals surface area contributed by atoms with Gasteiger partial charge in [0, 0.05) is 6.07 Å². The van der Waals surface area contributed by atoms with Crippen LogP contribution >= 0.6 is 11.6 Å². The Balaban J connectivity index is 2.67. The van der Waals surface area contributed by atoms with Gasteiger partial charge in [0.05, 0.1) is 30.4 Å². The summed E-state index contributed by atoms with van der Waals surface area (Å²) >= 11 is 5.86. The molecular formula is C11H12ClFO3. The molecule has 3 nitrogen and oxygen atoms in total. The van der Waals surface area contributed by atoms with Crippen molar-refractivity contribution in [2.45, 2.75) is 18.4 Å². The Bertz CT molecular complexity index is 430. The lowest BCUT2D eigenvalue weighted by Crippen LogP contribution is -2.10. The van der Waals surface area contributed by atoms with E-state index in [1.807, 2.05) is 0 Å². The van der Waals surface area contributed by atoms with E-state index in [1.165, 1.54) is 14.2 Å². The van der Waals surface area contributed by atoms with Crippen molar-refractivity contribution in [3.8, 4) is 11.5 Å². The van der Waals surface area contributed by atoms with Crippen molar-refractivity contribution in [1.29, 1.82) is 0 Å². The second-order valence-corrected chi connectivity index (χ2v) is 4.19. The van der Waals surface area contributed by atoms with Gasteiger partial charge < -0.3 is 14.6 Å². The maximum Gasteiger partial charge on any atom is 0.168 e. The summed E-state index contributed by atoms with van der Waals surface area (Å²) in [6, 6.07) is 1.15. The second-order valence-electron chi connectivity index (χ2n) is 3.81. The third-order valence-electron chi connectivity index (χ3n) is 2.75. The van der Waals surface area contributed by atoms with Crippen molar-refractivity contribution in [2.75, 3.05) is 14.2 Å². The van der Waals surface area contributed by atoms with E-state index in [0.29, 0.717) is 18.6 Å². The Morgan fingerprint density at radius 2 is 2.00 bits per heavy atom. The average molecular weight is 247 g/mol. The summed E-state index contributed by atoms with van der Waals surface area (Å²) in [7, 11) is 2.84. The average Bonchev–Trinajstić information content (AvgIpc) is 3.00. The van der Waals surface area contributed by atoms with Crippen molar-refractivity contribution in [3.63, 3.8) is 0 Å². The molecular weight excluding hydrogens is 235 g/mol. The highest BCUT2D eigenvalue weighted by molar-refractivity contribution is 6.32. The van der Waals surface area contributed by atoms with Crippen LogP contribution in [-0.4, -0.2) is 19.3 Å². The van der Waals surface area contributed by atoms with Crippen LogP contribution in [0.2, 0.25) is 5.02 Å². The normalized spacial score (nSPS) is 17.1. The smallest absolute Gasteiger partial charge is 0.168 e. The van der Waals surface area contributed by atoms with E-state index in [9.17, 15) is 9.50 Å². The molecule has 0 aliphatic heterocycles. The van der Waals surface area contributed by atoms with E-state index in [0.717, 1.165) is 6.07 Å². The number of hydrogen-bond acceptors (Lipinski definition) is 3. The SMILES string of the molecule is COc1cc(F)c(Cl)c(C2(O)CC2)c1OC. The molecule has 0 aromatic heterocycles. The predicted octanol–water partition coefficient (Wildman–Crippen LogP) is 2.48. The van der Waals surface area contributed by atoms with Crippen molar-refractivity contribution < 1.29 is 19.0 Å². The van der Waals surface area contributed by atoms with Crippen LogP contribution in [0, 0.1) is 5.82 Å². The van der Waals surface area contributed by atoms with Crippen LogP contribution in [-0.2, 0) is 5.60 Å². The molecule has 88 valence electrons. The van der Waals surface area contributed by atoms with E-state index in [4.69, 9.17) is 21.1 Å². The number of rotatable bonds is 3. The first-order valence-electron chi connectivity index (χ1n) is 4.86. The third-order valence-corrected chi connectivity index (χ3v) is 3.12. The zero-order valence-corrected chi connectivity index (χ0v) is 9.77. The first-order valence-corrected chi connectivity index (χ1v) is 5.24. The molecule has 0 amide bonds. The van der Waals surface area contributed by atoms with Crippen LogP contribution in [0.25, 0.3) is 0 Å². The van der Waals surface area contributed by atoms with Gasteiger partial charge in [-0.15, -0.1) is 0 Å². The Morgan fingerprint density at radius 3 is 2.44 bits per heavy atom. The fraction of sp³-hybridized carbons (Fsp3) is 0.455. The standard InChI is InChI=1S/C11H12ClFO3/c1-15-7-5-6(13)9(12)8(10(7)16-2)11(14)3-4-11/h5,14H,3-4H2,1-2H3. The van der Waals surface area contributed by atoms with Gasteiger partial charge in [-0.05, 0) is 12.8 Å². The lowest BCUT2D eigenvalue weighted by Gasteiger charge is -2.18. The number of hydrogen-bond donors (Lipinski definition) is 1. The quantitative estimate of drug-likeness (QED) is 0.891. The molecule has 1 fully saturated rings. The van der Waals surface area contributed by atoms with E-state index in [2.05, 4.69) is 0 Å². The monoisotopic (exact) mass is 246 g/mol. The molecule has 0 spiro atoms. The number of methoxy groups -OCH3 is 2. The molecule has 1 saturated carbocycles. The molecule has 1 aliphatic carbocycles. The minimum Gasteiger partial charge on any atom is -0.493 e. The molecule has 0 bridgehead atoms. The predicted molar refractivity (Wildman–Crippen MR) is 57.6 cm³/mol. The zero-order chi connectivity index (χ0) is 11.9. The molecule has 0 atom stereocenters. The van der Waals surface area contributed by atoms with Crippen molar-refractivity contribution in [2.24, 2.45) is 0 Å². The Labute approximate surface area is 97.7 Å². The molecule has 2 rings (SSSR count). The molecule has 16 heavy (non-hydrogen) atoms. The third kappa shape index (κ3) is 1.62. The van der Waals surface area contributed by atoms with Gasteiger partial charge in [-0.2, -0.15) is 0 Å². The largest absolute Gasteiger partial charge is 0.493 e. The molecule has 0 unspecified atom stereocenters. The van der Waals surface area contributed by atoms with Gasteiger partial charge in [0.2, 0.25) is 0 Å². The van der Waals surface area contributed by atoms with Crippen LogP contribution in [0.15, 0.2) is 6.07 Å². The first kappa shape index (κ1) is 11.5. The van der Waals surface area contributed by atoms with E-state index < -0.39 is 11.4 Å². The minimum absolute atomic E-state index is 0.0994. The molecule has 5 heteroatoms. The molecule has 0 saturated heterocycles. The Morgan fingerprint density at radius 1 is 1.38 bits per heavy atom. The number of aliphatic hydroxyl groups is 1. The summed E-state index contributed by atoms with van der Waals surface area (Å²) < 4.78 is 23.7. The van der Waals surface area contributed by atoms with Gasteiger partial charge in [-0.25, -0.2) is 4.39 Å². The maximum atomic E-state index is 13.5. The van der Waals surface area contributed by atoms with E-state index in [-0.39, 0.29) is 16.3 Å². The lowest BCUT2D eigenvalue weighted by molar-refractivity contribution is 0.146. The van der Waals surface area contributed by atoms with Gasteiger partial charge in [0.25, 0.3) is 0 Å². The van der Waals surface area contributed by atoms with Crippen molar-refractivity contribution >= 4 is 11.6 Å². The van der Waals surface area contributed by atoms with Gasteiger partial charge in [-0.1, -0.05) is 11.6 Å². The van der Waals surface area contributed by atoms with Crippen LogP contribution < -0.4 is 9.47 Å². The highest BCUT2D eigenvalue weighted by Gasteiger charge is 2.47. The van der Waals surface area contributed by atoms with Gasteiger partial charge in [-0.3, -0.25) is 0 Å². The minimum atomic E-state index is -1.07. The molecule has 1 aliphatic rings. The summed E-state index contributed by atoms with van der Waals surface area (Å²) in [5.41, 5.74) is -0.786. The summed E-state index contributed by atoms with van der Waals surface area (Å²) in [6.45, 7) is 0. The van der Waals surface area contributed by atoms with Crippen LogP contribution in [0.5, 0.6) is 11.5 Å². The summed E-state index contributed by atoms with van der Waals surface area (Å²) in [4.78, 5) is 0. The number of ether oxygens (including phenoxy) is 2. The summed E-state index contributed by atoms with van der Waals surface area (Å²) in [6.07, 6.45) is 1.10. The zero-order valence-electron chi connectivity index (χ0n) is 9.01. The topological polar surface area (TPSA) is 38.7 Å². The van der Waals surface area contributed by atoms with Crippen LogP contribution in [0.3, 0.4) is 0 Å². The van der Waals surface area contributed by atoms with Gasteiger partial charge in [0.15, 0.2) is 11.5 Å². The summed E-state index contributed by atoms with van der Waals surface area (Å²) in [5, 5.41) is 9.95. The van der Waals surface area contributed by atoms with Gasteiger partial charge >= 0.3 is 0 Å². The second kappa shape index (κ2) is 3.79. The van der Waals surface area contributed by atoms with E-state index >= 15 is 0 Å². The molecule has 0 heterocycles. The maximum absolute atomic E-state index is 13.5. The molecule has 0 radical (unpaired) electrons. The van der Waals surface area contributed by atoms with Gasteiger partial charge in [0.1, 0.15) is 5.82 Å². The summed E-state index contributed by atoms with van der Waals surface area (Å²) in [5.74, 6) is -0.0803. The highest BCUT2D eigenvalue weighted by atomic mass is 35.5. The molecule has 1 aromatic rings. The van der Waals surface area contributed by atoms with Crippen LogP contribution in [0.1, 0.15) is 18.4 Å².